The maximum Gasteiger partial charge on any atom is 0.180 e. The summed E-state index contributed by atoms with van der Waals surface area (Å²) in [5, 5.41) is 1.17. The largest absolute Gasteiger partial charge is 0.490 e. The molecule has 27 heavy (non-hydrogen) atoms. The zero-order valence-corrected chi connectivity index (χ0v) is 19.3. The van der Waals surface area contributed by atoms with Gasteiger partial charge in [-0.1, -0.05) is 33.1 Å². The minimum absolute atomic E-state index is 0. The predicted octanol–water partition coefficient (Wildman–Crippen LogP) is 6.10. The van der Waals surface area contributed by atoms with Gasteiger partial charge in [-0.3, -0.25) is 0 Å². The molecule has 0 unspecified atom stereocenters. The molecular weight excluding hydrogens is 422 g/mol. The first-order chi connectivity index (χ1) is 12.6. The lowest BCUT2D eigenvalue weighted by atomic mass is 10.2. The lowest BCUT2D eigenvalue weighted by Gasteiger charge is -2.07. The Hall–Kier alpha value is -1.40. The second-order valence-corrected chi connectivity index (χ2v) is 7.98. The molecule has 0 saturated heterocycles. The molecule has 4 nitrogen and oxygen atoms in total. The highest BCUT2D eigenvalue weighted by atomic mass is 79.9. The first kappa shape index (κ1) is 21.9. The van der Waals surface area contributed by atoms with Gasteiger partial charge in [0.05, 0.1) is 28.7 Å². The van der Waals surface area contributed by atoms with Crippen molar-refractivity contribution in [2.45, 2.75) is 66.2 Å². The fourth-order valence-corrected chi connectivity index (χ4v) is 4.41. The van der Waals surface area contributed by atoms with E-state index in [4.69, 9.17) is 14.7 Å². The molecule has 3 heterocycles. The van der Waals surface area contributed by atoms with E-state index in [1.54, 1.807) is 0 Å². The fraction of sp³-hybridized carbons (Fsp3) is 0.524. The van der Waals surface area contributed by atoms with Crippen LogP contribution in [0, 0.1) is 13.8 Å². The third-order valence-corrected chi connectivity index (χ3v) is 5.87. The standard InChI is InChI=1S/C21H29N3OS.BrH/c1-5-7-8-13-25-18-11-9-12-24-17(15(3)23-21(18)24)14-20-22-16(4)19(26-20)10-6-2;/h9,11-12H,5-8,10,13-14H2,1-4H3;1H. The summed E-state index contributed by atoms with van der Waals surface area (Å²) < 4.78 is 8.17. The highest BCUT2D eigenvalue weighted by molar-refractivity contribution is 8.93. The van der Waals surface area contributed by atoms with Gasteiger partial charge in [0.15, 0.2) is 11.4 Å². The second kappa shape index (κ2) is 10.2. The smallest absolute Gasteiger partial charge is 0.180 e. The molecule has 0 saturated carbocycles. The van der Waals surface area contributed by atoms with Crippen molar-refractivity contribution in [1.29, 1.82) is 0 Å². The summed E-state index contributed by atoms with van der Waals surface area (Å²) in [5.41, 5.74) is 4.35. The maximum atomic E-state index is 6.00. The van der Waals surface area contributed by atoms with Crippen LogP contribution in [0.15, 0.2) is 18.3 Å². The van der Waals surface area contributed by atoms with Crippen molar-refractivity contribution in [2.24, 2.45) is 0 Å². The van der Waals surface area contributed by atoms with Crippen molar-refractivity contribution in [2.75, 3.05) is 6.61 Å². The predicted molar refractivity (Wildman–Crippen MR) is 119 cm³/mol. The van der Waals surface area contributed by atoms with Crippen LogP contribution in [-0.2, 0) is 12.8 Å². The number of pyridine rings is 1. The Morgan fingerprint density at radius 2 is 1.89 bits per heavy atom. The Balaban J connectivity index is 0.00000261. The molecular formula is C21H30BrN3OS. The molecule has 0 radical (unpaired) electrons. The molecule has 0 spiro atoms. The van der Waals surface area contributed by atoms with Crippen LogP contribution in [0.5, 0.6) is 5.75 Å². The first-order valence-electron chi connectivity index (χ1n) is 9.68. The van der Waals surface area contributed by atoms with Crippen molar-refractivity contribution in [3.8, 4) is 5.75 Å². The molecule has 3 aromatic rings. The second-order valence-electron chi connectivity index (χ2n) is 6.81. The molecule has 0 aliphatic heterocycles. The topological polar surface area (TPSA) is 39.4 Å². The summed E-state index contributed by atoms with van der Waals surface area (Å²) in [6, 6.07) is 4.06. The number of aromatic nitrogens is 3. The zero-order valence-electron chi connectivity index (χ0n) is 16.7. The summed E-state index contributed by atoms with van der Waals surface area (Å²) in [5.74, 6) is 0.875. The van der Waals surface area contributed by atoms with Crippen molar-refractivity contribution >= 4 is 34.0 Å². The molecule has 0 bridgehead atoms. The average Bonchev–Trinajstić information content (AvgIpc) is 3.13. The van der Waals surface area contributed by atoms with E-state index in [1.165, 1.54) is 34.1 Å². The van der Waals surface area contributed by atoms with E-state index < -0.39 is 0 Å². The highest BCUT2D eigenvalue weighted by Gasteiger charge is 2.15. The first-order valence-corrected chi connectivity index (χ1v) is 10.5. The number of nitrogens with zero attached hydrogens (tertiary/aromatic N) is 3. The quantitative estimate of drug-likeness (QED) is 0.369. The van der Waals surface area contributed by atoms with Crippen molar-refractivity contribution < 1.29 is 4.74 Å². The number of halogens is 1. The number of ether oxygens (including phenoxy) is 1. The number of hydrogen-bond acceptors (Lipinski definition) is 4. The number of rotatable bonds is 9. The van der Waals surface area contributed by atoms with E-state index in [0.29, 0.717) is 0 Å². The van der Waals surface area contributed by atoms with Crippen LogP contribution in [0.4, 0.5) is 0 Å². The Morgan fingerprint density at radius 1 is 1.07 bits per heavy atom. The molecule has 0 fully saturated rings. The fourth-order valence-electron chi connectivity index (χ4n) is 3.23. The molecule has 0 N–H and O–H groups in total. The van der Waals surface area contributed by atoms with E-state index in [0.717, 1.165) is 49.4 Å². The number of imidazole rings is 1. The lowest BCUT2D eigenvalue weighted by molar-refractivity contribution is 0.308. The van der Waals surface area contributed by atoms with Gasteiger partial charge in [-0.2, -0.15) is 0 Å². The Bertz CT molecular complexity index is 872. The molecule has 3 aromatic heterocycles. The highest BCUT2D eigenvalue weighted by Crippen LogP contribution is 2.26. The normalized spacial score (nSPS) is 11.0. The molecule has 0 atom stereocenters. The van der Waals surface area contributed by atoms with E-state index in [1.807, 2.05) is 23.5 Å². The van der Waals surface area contributed by atoms with Crippen LogP contribution in [0.25, 0.3) is 5.65 Å². The molecule has 6 heteroatoms. The third kappa shape index (κ3) is 5.11. The van der Waals surface area contributed by atoms with E-state index in [9.17, 15) is 0 Å². The summed E-state index contributed by atoms with van der Waals surface area (Å²) in [6.07, 6.45) is 8.67. The van der Waals surface area contributed by atoms with Gasteiger partial charge in [0, 0.05) is 17.5 Å². The summed E-state index contributed by atoms with van der Waals surface area (Å²) >= 11 is 1.84. The monoisotopic (exact) mass is 451 g/mol. The summed E-state index contributed by atoms with van der Waals surface area (Å²) in [6.45, 7) is 9.37. The Kier molecular flexibility index (Phi) is 8.29. The minimum Gasteiger partial charge on any atom is -0.490 e. The lowest BCUT2D eigenvalue weighted by Crippen LogP contribution is -2.00. The van der Waals surface area contributed by atoms with Crippen LogP contribution < -0.4 is 4.74 Å². The van der Waals surface area contributed by atoms with Gasteiger partial charge in [0.1, 0.15) is 0 Å². The molecule has 0 aliphatic carbocycles. The minimum atomic E-state index is 0. The van der Waals surface area contributed by atoms with Crippen LogP contribution >= 0.6 is 28.3 Å². The zero-order chi connectivity index (χ0) is 18.5. The molecule has 0 aromatic carbocycles. The van der Waals surface area contributed by atoms with Crippen LogP contribution in [0.3, 0.4) is 0 Å². The number of fused-ring (bicyclic) bond motifs is 1. The molecule has 3 rings (SSSR count). The average molecular weight is 452 g/mol. The molecule has 0 aliphatic rings. The van der Waals surface area contributed by atoms with Gasteiger partial charge in [0.2, 0.25) is 0 Å². The van der Waals surface area contributed by atoms with Crippen LogP contribution in [0.2, 0.25) is 0 Å². The van der Waals surface area contributed by atoms with Gasteiger partial charge in [0.25, 0.3) is 0 Å². The van der Waals surface area contributed by atoms with Gasteiger partial charge < -0.3 is 9.14 Å². The SMILES string of the molecule is Br.CCCCCOc1cccn2c(Cc3nc(C)c(CCC)s3)c(C)nc12. The van der Waals surface area contributed by atoms with Crippen molar-refractivity contribution in [3.63, 3.8) is 0 Å². The van der Waals surface area contributed by atoms with E-state index >= 15 is 0 Å². The van der Waals surface area contributed by atoms with Crippen molar-refractivity contribution in [1.82, 2.24) is 14.4 Å². The van der Waals surface area contributed by atoms with Gasteiger partial charge in [-0.25, -0.2) is 9.97 Å². The van der Waals surface area contributed by atoms with Crippen LogP contribution in [0.1, 0.15) is 66.5 Å². The Morgan fingerprint density at radius 3 is 2.63 bits per heavy atom. The van der Waals surface area contributed by atoms with E-state index in [-0.39, 0.29) is 17.0 Å². The summed E-state index contributed by atoms with van der Waals surface area (Å²) in [7, 11) is 0. The molecule has 148 valence electrons. The maximum absolute atomic E-state index is 6.00. The Labute approximate surface area is 176 Å². The van der Waals surface area contributed by atoms with Gasteiger partial charge in [-0.15, -0.1) is 28.3 Å². The van der Waals surface area contributed by atoms with Crippen LogP contribution in [-0.4, -0.2) is 21.0 Å². The number of aryl methyl sites for hydroxylation is 3. The van der Waals surface area contributed by atoms with Gasteiger partial charge >= 0.3 is 0 Å². The van der Waals surface area contributed by atoms with Gasteiger partial charge in [-0.05, 0) is 38.8 Å². The van der Waals surface area contributed by atoms with Crippen molar-refractivity contribution in [3.05, 3.63) is 45.3 Å². The number of hydrogen-bond donors (Lipinski definition) is 0. The number of thiazole rings is 1. The number of unbranched alkanes of at least 4 members (excludes halogenated alkanes) is 2. The third-order valence-electron chi connectivity index (χ3n) is 4.65. The molecule has 0 amide bonds. The summed E-state index contributed by atoms with van der Waals surface area (Å²) in [4.78, 5) is 11.0. The van der Waals surface area contributed by atoms with E-state index in [2.05, 4.69) is 38.3 Å².